The molecule has 0 heterocycles. The second-order valence-corrected chi connectivity index (χ2v) is 7.38. The van der Waals surface area contributed by atoms with Crippen LogP contribution in [0.3, 0.4) is 0 Å². The van der Waals surface area contributed by atoms with Crippen molar-refractivity contribution in [3.05, 3.63) is 59.2 Å². The number of halogens is 2. The highest BCUT2D eigenvalue weighted by atomic mass is 19.1. The lowest BCUT2D eigenvalue weighted by molar-refractivity contribution is -0.133. The second-order valence-electron chi connectivity index (χ2n) is 7.38. The molecule has 0 aliphatic heterocycles. The maximum absolute atomic E-state index is 13.8. The van der Waals surface area contributed by atoms with Gasteiger partial charge < -0.3 is 20.1 Å². The Kier molecular flexibility index (Phi) is 6.69. The predicted octanol–water partition coefficient (Wildman–Crippen LogP) is 3.50. The van der Waals surface area contributed by atoms with E-state index in [2.05, 4.69) is 6.92 Å². The molecule has 2 unspecified atom stereocenters. The van der Waals surface area contributed by atoms with E-state index < -0.39 is 11.6 Å². The molecule has 0 radical (unpaired) electrons. The van der Waals surface area contributed by atoms with E-state index in [-0.39, 0.29) is 24.0 Å². The lowest BCUT2D eigenvalue weighted by Gasteiger charge is -2.23. The summed E-state index contributed by atoms with van der Waals surface area (Å²) in [5.74, 6) is 0.277. The molecule has 2 aromatic rings. The van der Waals surface area contributed by atoms with Gasteiger partial charge in [-0.3, -0.25) is 4.79 Å². The molecule has 29 heavy (non-hydrogen) atoms. The summed E-state index contributed by atoms with van der Waals surface area (Å²) in [5, 5.41) is 0. The van der Waals surface area contributed by atoms with Gasteiger partial charge in [-0.15, -0.1) is 0 Å². The number of rotatable bonds is 9. The Morgan fingerprint density at radius 2 is 1.97 bits per heavy atom. The number of methoxy groups -OCH3 is 1. The number of hydrogen-bond acceptors (Lipinski definition) is 4. The van der Waals surface area contributed by atoms with Crippen molar-refractivity contribution in [2.24, 2.45) is 17.6 Å². The monoisotopic (exact) mass is 404 g/mol. The fourth-order valence-electron chi connectivity index (χ4n) is 3.27. The third-order valence-electron chi connectivity index (χ3n) is 5.14. The lowest BCUT2D eigenvalue weighted by atomic mass is 10.1. The van der Waals surface area contributed by atoms with Crippen LogP contribution in [-0.4, -0.2) is 31.0 Å². The second kappa shape index (κ2) is 9.22. The molecule has 1 amide bonds. The quantitative estimate of drug-likeness (QED) is 0.695. The highest BCUT2D eigenvalue weighted by Crippen LogP contribution is 2.39. The molecule has 0 saturated heterocycles. The number of carbonyl (C=O) groups excluding carboxylic acids is 1. The van der Waals surface area contributed by atoms with Crippen molar-refractivity contribution in [1.82, 2.24) is 4.90 Å². The first kappa shape index (κ1) is 21.0. The van der Waals surface area contributed by atoms with Gasteiger partial charge in [0, 0.05) is 37.2 Å². The van der Waals surface area contributed by atoms with E-state index >= 15 is 0 Å². The molecule has 2 atom stereocenters. The number of benzene rings is 2. The van der Waals surface area contributed by atoms with Crippen LogP contribution >= 0.6 is 0 Å². The molecule has 1 fully saturated rings. The van der Waals surface area contributed by atoms with Crippen molar-refractivity contribution in [1.29, 1.82) is 0 Å². The molecule has 1 aliphatic carbocycles. The van der Waals surface area contributed by atoms with Crippen LogP contribution in [0.5, 0.6) is 11.5 Å². The van der Waals surface area contributed by atoms with Crippen LogP contribution in [0.4, 0.5) is 8.78 Å². The average molecular weight is 404 g/mol. The number of nitrogens with zero attached hydrogens (tertiary/aromatic N) is 1. The third kappa shape index (κ3) is 5.23. The van der Waals surface area contributed by atoms with Gasteiger partial charge in [0.2, 0.25) is 5.91 Å². The van der Waals surface area contributed by atoms with Crippen molar-refractivity contribution in [3.63, 3.8) is 0 Å². The Hall–Kier alpha value is -2.67. The van der Waals surface area contributed by atoms with Crippen LogP contribution < -0.4 is 15.2 Å². The maximum atomic E-state index is 13.8. The Bertz CT molecular complexity index is 875. The summed E-state index contributed by atoms with van der Waals surface area (Å²) in [4.78, 5) is 14.4. The van der Waals surface area contributed by atoms with Gasteiger partial charge in [0.1, 0.15) is 18.2 Å². The largest absolute Gasteiger partial charge is 0.493 e. The van der Waals surface area contributed by atoms with Crippen molar-refractivity contribution in [2.75, 3.05) is 20.2 Å². The highest BCUT2D eigenvalue weighted by Gasteiger charge is 2.41. The number of carbonyl (C=O) groups is 1. The summed E-state index contributed by atoms with van der Waals surface area (Å²) < 4.78 is 37.9. The fraction of sp³-hybridized carbons (Fsp3) is 0.409. The first-order chi connectivity index (χ1) is 13.9. The molecule has 7 heteroatoms. The molecule has 3 rings (SSSR count). The van der Waals surface area contributed by atoms with Gasteiger partial charge in [-0.1, -0.05) is 13.0 Å². The number of nitrogens with two attached hydrogens (primary N) is 1. The Balaban J connectivity index is 1.69. The smallest absolute Gasteiger partial charge is 0.226 e. The van der Waals surface area contributed by atoms with Crippen molar-refractivity contribution < 1.29 is 23.0 Å². The molecule has 0 bridgehead atoms. The van der Waals surface area contributed by atoms with E-state index in [1.165, 1.54) is 19.2 Å². The minimum atomic E-state index is -0.661. The predicted molar refractivity (Wildman–Crippen MR) is 105 cm³/mol. The molecule has 2 N–H and O–H groups in total. The molecule has 156 valence electrons. The van der Waals surface area contributed by atoms with E-state index in [1.807, 2.05) is 6.07 Å². The van der Waals surface area contributed by atoms with E-state index in [1.54, 1.807) is 17.0 Å². The summed E-state index contributed by atoms with van der Waals surface area (Å²) in [6, 6.07) is 8.71. The van der Waals surface area contributed by atoms with E-state index in [0.29, 0.717) is 37.1 Å². The summed E-state index contributed by atoms with van der Waals surface area (Å²) >= 11 is 0. The average Bonchev–Trinajstić information content (AvgIpc) is 3.43. The summed E-state index contributed by atoms with van der Waals surface area (Å²) in [6.07, 6.45) is 0.927. The minimum absolute atomic E-state index is 0.0564. The summed E-state index contributed by atoms with van der Waals surface area (Å²) in [6.45, 7) is 3.34. The number of ether oxygens (including phenoxy) is 2. The molecule has 0 spiro atoms. The van der Waals surface area contributed by atoms with E-state index in [0.717, 1.165) is 18.1 Å². The van der Waals surface area contributed by atoms with Gasteiger partial charge in [0.05, 0.1) is 7.11 Å². The Morgan fingerprint density at radius 1 is 1.21 bits per heavy atom. The van der Waals surface area contributed by atoms with Gasteiger partial charge in [-0.2, -0.15) is 0 Å². The molecular weight excluding hydrogens is 378 g/mol. The molecule has 2 aromatic carbocycles. The summed E-state index contributed by atoms with van der Waals surface area (Å²) in [5.41, 5.74) is 6.81. The van der Waals surface area contributed by atoms with Gasteiger partial charge >= 0.3 is 0 Å². The summed E-state index contributed by atoms with van der Waals surface area (Å²) in [7, 11) is 1.51. The van der Waals surface area contributed by atoms with Crippen molar-refractivity contribution in [3.8, 4) is 11.5 Å². The standard InChI is InChI=1S/C22H26F2N2O3/c1-14-9-18(14)22(27)26(8-7-25)12-15-3-6-20(21(10-15)28-2)29-13-16-4-5-17(23)11-19(16)24/h3-6,10-11,14,18H,7-9,12-13,25H2,1-2H3. The normalized spacial score (nSPS) is 17.7. The zero-order valence-corrected chi connectivity index (χ0v) is 16.7. The molecule has 5 nitrogen and oxygen atoms in total. The van der Waals surface area contributed by atoms with Gasteiger partial charge in [0.25, 0.3) is 0 Å². The maximum Gasteiger partial charge on any atom is 0.226 e. The van der Waals surface area contributed by atoms with Gasteiger partial charge in [-0.25, -0.2) is 8.78 Å². The van der Waals surface area contributed by atoms with Gasteiger partial charge in [-0.05, 0) is 42.2 Å². The molecule has 1 aliphatic rings. The zero-order valence-electron chi connectivity index (χ0n) is 16.7. The first-order valence-electron chi connectivity index (χ1n) is 9.65. The van der Waals surface area contributed by atoms with Crippen LogP contribution in [0.1, 0.15) is 24.5 Å². The highest BCUT2D eigenvalue weighted by molar-refractivity contribution is 5.81. The van der Waals surface area contributed by atoms with Gasteiger partial charge in [0.15, 0.2) is 11.5 Å². The molecule has 1 saturated carbocycles. The minimum Gasteiger partial charge on any atom is -0.493 e. The van der Waals surface area contributed by atoms with Crippen LogP contribution in [0, 0.1) is 23.5 Å². The number of amides is 1. The van der Waals surface area contributed by atoms with Crippen molar-refractivity contribution >= 4 is 5.91 Å². The van der Waals surface area contributed by atoms with Crippen LogP contribution in [0.25, 0.3) is 0 Å². The zero-order chi connectivity index (χ0) is 21.0. The van der Waals surface area contributed by atoms with Crippen LogP contribution in [-0.2, 0) is 17.9 Å². The fourth-order valence-corrected chi connectivity index (χ4v) is 3.27. The molecular formula is C22H26F2N2O3. The van der Waals surface area contributed by atoms with Crippen molar-refractivity contribution in [2.45, 2.75) is 26.5 Å². The van der Waals surface area contributed by atoms with Crippen LogP contribution in [0.15, 0.2) is 36.4 Å². The Labute approximate surface area is 169 Å². The van der Waals surface area contributed by atoms with E-state index in [4.69, 9.17) is 15.2 Å². The topological polar surface area (TPSA) is 64.8 Å². The third-order valence-corrected chi connectivity index (χ3v) is 5.14. The number of hydrogen-bond donors (Lipinski definition) is 1. The van der Waals surface area contributed by atoms with E-state index in [9.17, 15) is 13.6 Å². The lowest BCUT2D eigenvalue weighted by Crippen LogP contribution is -2.36. The SMILES string of the molecule is COc1cc(CN(CCN)C(=O)C2CC2C)ccc1OCc1ccc(F)cc1F. The Morgan fingerprint density at radius 3 is 2.59 bits per heavy atom. The van der Waals surface area contributed by atoms with Crippen LogP contribution in [0.2, 0.25) is 0 Å². The molecule has 0 aromatic heterocycles. The first-order valence-corrected chi connectivity index (χ1v) is 9.65.